The molecule has 0 fully saturated rings. The van der Waals surface area contributed by atoms with Crippen LogP contribution in [0.25, 0.3) is 22.2 Å². The Balaban J connectivity index is 2.25. The van der Waals surface area contributed by atoms with Crippen molar-refractivity contribution in [1.82, 2.24) is 15.0 Å². The number of hydrogen-bond donors (Lipinski definition) is 1. The fraction of sp³-hybridized carbons (Fsp3) is 0. The van der Waals surface area contributed by atoms with Crippen LogP contribution in [0.15, 0.2) is 53.7 Å². The Morgan fingerprint density at radius 1 is 1.06 bits per heavy atom. The highest BCUT2D eigenvalue weighted by molar-refractivity contribution is 5.82. The van der Waals surface area contributed by atoms with E-state index in [1.807, 2.05) is 30.3 Å². The topological polar surface area (TPSA) is 58.6 Å². The standard InChI is InChI=1S/C13H9N3O/c17-13-10-5-4-9(7-12(10)15-8-16-13)11-3-1-2-6-14-11/h1-8H,(H,15,16,17). The smallest absolute Gasteiger partial charge is 0.258 e. The molecule has 0 spiro atoms. The molecule has 0 amide bonds. The minimum Gasteiger partial charge on any atom is -0.313 e. The molecule has 2 aromatic heterocycles. The highest BCUT2D eigenvalue weighted by Crippen LogP contribution is 2.19. The van der Waals surface area contributed by atoms with E-state index in [9.17, 15) is 4.79 Å². The zero-order valence-corrected chi connectivity index (χ0v) is 8.92. The van der Waals surface area contributed by atoms with Crippen molar-refractivity contribution in [2.45, 2.75) is 0 Å². The molecule has 2 heterocycles. The molecule has 1 N–H and O–H groups in total. The van der Waals surface area contributed by atoms with Crippen molar-refractivity contribution in [2.75, 3.05) is 0 Å². The second-order valence-electron chi connectivity index (χ2n) is 3.68. The van der Waals surface area contributed by atoms with Gasteiger partial charge in [-0.25, -0.2) is 4.98 Å². The minimum absolute atomic E-state index is 0.123. The summed E-state index contributed by atoms with van der Waals surface area (Å²) >= 11 is 0. The summed E-state index contributed by atoms with van der Waals surface area (Å²) in [7, 11) is 0. The van der Waals surface area contributed by atoms with Crippen LogP contribution in [0.4, 0.5) is 0 Å². The zero-order valence-electron chi connectivity index (χ0n) is 8.92. The summed E-state index contributed by atoms with van der Waals surface area (Å²) in [5, 5.41) is 0.590. The lowest BCUT2D eigenvalue weighted by molar-refractivity contribution is 1.17. The van der Waals surface area contributed by atoms with Crippen LogP contribution >= 0.6 is 0 Å². The highest BCUT2D eigenvalue weighted by Gasteiger charge is 2.03. The average Bonchev–Trinajstić information content (AvgIpc) is 2.40. The van der Waals surface area contributed by atoms with Gasteiger partial charge in [0.05, 0.1) is 22.9 Å². The number of pyridine rings is 1. The molecule has 0 aliphatic heterocycles. The Kier molecular flexibility index (Phi) is 2.19. The third-order valence-corrected chi connectivity index (χ3v) is 2.60. The number of H-pyrrole nitrogens is 1. The Labute approximate surface area is 97.0 Å². The van der Waals surface area contributed by atoms with E-state index in [2.05, 4.69) is 15.0 Å². The van der Waals surface area contributed by atoms with Gasteiger partial charge in [-0.05, 0) is 24.3 Å². The van der Waals surface area contributed by atoms with Gasteiger partial charge < -0.3 is 4.98 Å². The van der Waals surface area contributed by atoms with E-state index in [0.717, 1.165) is 11.3 Å². The van der Waals surface area contributed by atoms with E-state index in [4.69, 9.17) is 0 Å². The van der Waals surface area contributed by atoms with Crippen LogP contribution < -0.4 is 5.56 Å². The molecule has 0 aliphatic carbocycles. The molecule has 0 bridgehead atoms. The molecule has 4 nitrogen and oxygen atoms in total. The molecule has 0 atom stereocenters. The van der Waals surface area contributed by atoms with E-state index in [1.165, 1.54) is 6.33 Å². The number of nitrogens with one attached hydrogen (secondary N) is 1. The molecule has 1 aromatic carbocycles. The number of benzene rings is 1. The predicted molar refractivity (Wildman–Crippen MR) is 65.6 cm³/mol. The summed E-state index contributed by atoms with van der Waals surface area (Å²) in [6.07, 6.45) is 3.15. The Hall–Kier alpha value is -2.49. The molecule has 4 heteroatoms. The zero-order chi connectivity index (χ0) is 11.7. The number of rotatable bonds is 1. The van der Waals surface area contributed by atoms with Gasteiger partial charge in [-0.2, -0.15) is 0 Å². The maximum atomic E-state index is 11.5. The molecular weight excluding hydrogens is 214 g/mol. The van der Waals surface area contributed by atoms with Gasteiger partial charge in [-0.1, -0.05) is 12.1 Å². The lowest BCUT2D eigenvalue weighted by Crippen LogP contribution is -2.05. The molecule has 0 unspecified atom stereocenters. The summed E-state index contributed by atoms with van der Waals surface area (Å²) in [5.74, 6) is 0. The number of hydrogen-bond acceptors (Lipinski definition) is 3. The van der Waals surface area contributed by atoms with Gasteiger partial charge in [0.25, 0.3) is 5.56 Å². The van der Waals surface area contributed by atoms with Crippen LogP contribution in [-0.4, -0.2) is 15.0 Å². The summed E-state index contributed by atoms with van der Waals surface area (Å²) in [6.45, 7) is 0. The van der Waals surface area contributed by atoms with Crippen LogP contribution in [0.3, 0.4) is 0 Å². The average molecular weight is 223 g/mol. The molecule has 3 rings (SSSR count). The number of aromatic nitrogens is 3. The van der Waals surface area contributed by atoms with Gasteiger partial charge in [-0.15, -0.1) is 0 Å². The first kappa shape index (κ1) is 9.72. The van der Waals surface area contributed by atoms with Gasteiger partial charge in [0.15, 0.2) is 0 Å². The third-order valence-electron chi connectivity index (χ3n) is 2.60. The largest absolute Gasteiger partial charge is 0.313 e. The number of fused-ring (bicyclic) bond motifs is 1. The first-order valence-corrected chi connectivity index (χ1v) is 5.23. The predicted octanol–water partition coefficient (Wildman–Crippen LogP) is 1.99. The summed E-state index contributed by atoms with van der Waals surface area (Å²) in [5.41, 5.74) is 2.38. The lowest BCUT2D eigenvalue weighted by Gasteiger charge is -2.01. The normalized spacial score (nSPS) is 10.6. The van der Waals surface area contributed by atoms with Crippen molar-refractivity contribution in [2.24, 2.45) is 0 Å². The Morgan fingerprint density at radius 3 is 2.82 bits per heavy atom. The van der Waals surface area contributed by atoms with Gasteiger partial charge in [0.2, 0.25) is 0 Å². The molecule has 82 valence electrons. The molecule has 0 saturated heterocycles. The van der Waals surface area contributed by atoms with E-state index in [1.54, 1.807) is 12.3 Å². The molecule has 0 radical (unpaired) electrons. The number of nitrogens with zero attached hydrogens (tertiary/aromatic N) is 2. The van der Waals surface area contributed by atoms with Gasteiger partial charge >= 0.3 is 0 Å². The maximum Gasteiger partial charge on any atom is 0.258 e. The summed E-state index contributed by atoms with van der Waals surface area (Å²) in [6, 6.07) is 11.2. The van der Waals surface area contributed by atoms with Crippen molar-refractivity contribution in [3.05, 3.63) is 59.3 Å². The SMILES string of the molecule is O=c1[nH]cnc2cc(-c3ccccn3)ccc12. The van der Waals surface area contributed by atoms with Crippen molar-refractivity contribution >= 4 is 10.9 Å². The van der Waals surface area contributed by atoms with Gasteiger partial charge in [-0.3, -0.25) is 9.78 Å². The van der Waals surface area contributed by atoms with Crippen LogP contribution in [0.1, 0.15) is 0 Å². The quantitative estimate of drug-likeness (QED) is 0.686. The third kappa shape index (κ3) is 1.69. The highest BCUT2D eigenvalue weighted by atomic mass is 16.1. The fourth-order valence-electron chi connectivity index (χ4n) is 1.76. The fourth-order valence-corrected chi connectivity index (χ4v) is 1.76. The first-order valence-electron chi connectivity index (χ1n) is 5.23. The van der Waals surface area contributed by atoms with Crippen molar-refractivity contribution in [1.29, 1.82) is 0 Å². The Bertz CT molecular complexity index is 719. The molecule has 0 aliphatic rings. The number of aromatic amines is 1. The maximum absolute atomic E-state index is 11.5. The van der Waals surface area contributed by atoms with E-state index >= 15 is 0 Å². The lowest BCUT2D eigenvalue weighted by atomic mass is 10.1. The van der Waals surface area contributed by atoms with Crippen molar-refractivity contribution in [3.8, 4) is 11.3 Å². The summed E-state index contributed by atoms with van der Waals surface area (Å²) in [4.78, 5) is 22.5. The second kappa shape index (κ2) is 3.83. The van der Waals surface area contributed by atoms with Crippen LogP contribution in [0.2, 0.25) is 0 Å². The molecular formula is C13H9N3O. The van der Waals surface area contributed by atoms with Crippen molar-refractivity contribution in [3.63, 3.8) is 0 Å². The van der Waals surface area contributed by atoms with E-state index < -0.39 is 0 Å². The molecule has 0 saturated carbocycles. The van der Waals surface area contributed by atoms with Gasteiger partial charge in [0.1, 0.15) is 0 Å². The Morgan fingerprint density at radius 2 is 2.00 bits per heavy atom. The molecule has 3 aromatic rings. The first-order chi connectivity index (χ1) is 8.34. The monoisotopic (exact) mass is 223 g/mol. The summed E-state index contributed by atoms with van der Waals surface area (Å²) < 4.78 is 0. The van der Waals surface area contributed by atoms with E-state index in [0.29, 0.717) is 10.9 Å². The van der Waals surface area contributed by atoms with E-state index in [-0.39, 0.29) is 5.56 Å². The van der Waals surface area contributed by atoms with Crippen LogP contribution in [0, 0.1) is 0 Å². The minimum atomic E-state index is -0.123. The molecule has 17 heavy (non-hydrogen) atoms. The second-order valence-corrected chi connectivity index (χ2v) is 3.68. The van der Waals surface area contributed by atoms with Crippen LogP contribution in [-0.2, 0) is 0 Å². The van der Waals surface area contributed by atoms with Crippen molar-refractivity contribution < 1.29 is 0 Å². The van der Waals surface area contributed by atoms with Crippen LogP contribution in [0.5, 0.6) is 0 Å². The van der Waals surface area contributed by atoms with Gasteiger partial charge in [0, 0.05) is 11.8 Å².